The first kappa shape index (κ1) is 96.1. The molecule has 582 valence electrons. The third kappa shape index (κ3) is 72.4. The van der Waals surface area contributed by atoms with E-state index in [2.05, 4.69) is 34.6 Å². The number of phosphoric ester groups is 2. The van der Waals surface area contributed by atoms with E-state index in [0.717, 1.165) is 102 Å². The van der Waals surface area contributed by atoms with Crippen LogP contribution in [0.1, 0.15) is 420 Å². The van der Waals surface area contributed by atoms with Crippen LogP contribution in [0.5, 0.6) is 0 Å². The number of carbonyl (C=O) groups is 4. The van der Waals surface area contributed by atoms with E-state index in [9.17, 15) is 43.2 Å². The van der Waals surface area contributed by atoms with Gasteiger partial charge in [0.2, 0.25) is 0 Å². The lowest BCUT2D eigenvalue weighted by Crippen LogP contribution is -2.30. The molecule has 5 atom stereocenters. The Bertz CT molecular complexity index is 1870. The Balaban J connectivity index is 5.17. The lowest BCUT2D eigenvalue weighted by molar-refractivity contribution is -0.161. The minimum Gasteiger partial charge on any atom is -0.462 e. The second-order valence-corrected chi connectivity index (χ2v) is 31.8. The van der Waals surface area contributed by atoms with Crippen molar-refractivity contribution in [1.29, 1.82) is 0 Å². The summed E-state index contributed by atoms with van der Waals surface area (Å²) in [6.45, 7) is 7.31. The number of aliphatic hydroxyl groups is 1. The minimum atomic E-state index is -4.96. The Morgan fingerprint density at radius 2 is 0.469 bits per heavy atom. The van der Waals surface area contributed by atoms with Crippen LogP contribution in [0.25, 0.3) is 0 Å². The molecule has 2 unspecified atom stereocenters. The molecule has 0 rings (SSSR count). The van der Waals surface area contributed by atoms with Crippen LogP contribution in [0, 0.1) is 5.92 Å². The Hall–Kier alpha value is -1.94. The molecule has 0 aromatic heterocycles. The van der Waals surface area contributed by atoms with Crippen LogP contribution in [0.2, 0.25) is 0 Å². The largest absolute Gasteiger partial charge is 0.472 e. The Morgan fingerprint density at radius 3 is 0.694 bits per heavy atom. The van der Waals surface area contributed by atoms with Crippen LogP contribution in [0.15, 0.2) is 0 Å². The number of ether oxygens (including phenoxy) is 4. The topological polar surface area (TPSA) is 237 Å². The molecule has 0 saturated carbocycles. The zero-order valence-corrected chi connectivity index (χ0v) is 65.7. The average Bonchev–Trinajstić information content (AvgIpc) is 1.01. The molecule has 0 amide bonds. The van der Waals surface area contributed by atoms with Crippen LogP contribution in [-0.2, 0) is 65.4 Å². The quantitative estimate of drug-likeness (QED) is 0.0222. The Labute approximate surface area is 600 Å². The summed E-state index contributed by atoms with van der Waals surface area (Å²) in [6.07, 6.45) is 62.6. The van der Waals surface area contributed by atoms with Gasteiger partial charge < -0.3 is 33.8 Å². The second kappa shape index (κ2) is 72.0. The van der Waals surface area contributed by atoms with Gasteiger partial charge in [0.05, 0.1) is 26.4 Å². The molecule has 0 aliphatic rings. The average molecular weight is 1440 g/mol. The molecule has 0 fully saturated rings. The van der Waals surface area contributed by atoms with Crippen LogP contribution >= 0.6 is 15.6 Å². The summed E-state index contributed by atoms with van der Waals surface area (Å²) in [7, 11) is -9.91. The van der Waals surface area contributed by atoms with Crippen molar-refractivity contribution in [1.82, 2.24) is 0 Å². The first-order valence-electron chi connectivity index (χ1n) is 41.1. The first-order chi connectivity index (χ1) is 47.5. The molecule has 0 aromatic carbocycles. The lowest BCUT2D eigenvalue weighted by Gasteiger charge is -2.21. The number of carbonyl (C=O) groups excluding carboxylic acids is 4. The molecule has 0 aromatic rings. The van der Waals surface area contributed by atoms with E-state index in [0.29, 0.717) is 25.7 Å². The molecule has 0 bridgehead atoms. The fourth-order valence-corrected chi connectivity index (χ4v) is 13.8. The van der Waals surface area contributed by atoms with Gasteiger partial charge in [-0.2, -0.15) is 0 Å². The molecule has 0 saturated heterocycles. The summed E-state index contributed by atoms with van der Waals surface area (Å²) in [5, 5.41) is 10.6. The van der Waals surface area contributed by atoms with Gasteiger partial charge in [0.15, 0.2) is 12.2 Å². The maximum Gasteiger partial charge on any atom is 0.472 e. The summed E-state index contributed by atoms with van der Waals surface area (Å²) in [5.41, 5.74) is 0. The number of phosphoric acid groups is 2. The molecule has 0 aliphatic heterocycles. The monoisotopic (exact) mass is 1440 g/mol. The predicted octanol–water partition coefficient (Wildman–Crippen LogP) is 23.6. The summed E-state index contributed by atoms with van der Waals surface area (Å²) in [5.74, 6) is -1.30. The third-order valence-corrected chi connectivity index (χ3v) is 20.4. The van der Waals surface area contributed by atoms with Gasteiger partial charge in [0.1, 0.15) is 19.3 Å². The number of hydrogen-bond donors (Lipinski definition) is 3. The van der Waals surface area contributed by atoms with E-state index in [1.807, 2.05) is 0 Å². The normalized spacial score (nSPS) is 13.9. The summed E-state index contributed by atoms with van der Waals surface area (Å²) >= 11 is 0. The summed E-state index contributed by atoms with van der Waals surface area (Å²) in [4.78, 5) is 72.8. The van der Waals surface area contributed by atoms with Gasteiger partial charge in [-0.25, -0.2) is 9.13 Å². The third-order valence-electron chi connectivity index (χ3n) is 18.5. The fourth-order valence-electron chi connectivity index (χ4n) is 12.2. The van der Waals surface area contributed by atoms with E-state index in [-0.39, 0.29) is 25.7 Å². The maximum absolute atomic E-state index is 13.1. The zero-order valence-electron chi connectivity index (χ0n) is 63.9. The van der Waals surface area contributed by atoms with Gasteiger partial charge in [0, 0.05) is 25.7 Å². The van der Waals surface area contributed by atoms with Gasteiger partial charge in [-0.3, -0.25) is 37.3 Å². The highest BCUT2D eigenvalue weighted by molar-refractivity contribution is 7.47. The molecule has 0 heterocycles. The number of esters is 4. The molecule has 3 N–H and O–H groups in total. The van der Waals surface area contributed by atoms with E-state index in [4.69, 9.17) is 37.0 Å². The SMILES string of the molecule is CCCCCCCCCCCCCCCCCCCCCCC(=O)O[C@H](COC(=O)CCCCCCCCCCCCCCCCCCC(C)C)COP(=O)(O)OC[C@@H](O)COP(=O)(O)OC[C@@H](COC(=O)CCCCCCCCCC)OC(=O)CCCCCCCCCCCCC. The molecular formula is C79H154O17P2. The van der Waals surface area contributed by atoms with E-state index in [1.165, 1.54) is 238 Å². The van der Waals surface area contributed by atoms with E-state index < -0.39 is 97.5 Å². The van der Waals surface area contributed by atoms with Crippen LogP contribution in [-0.4, -0.2) is 96.7 Å². The van der Waals surface area contributed by atoms with Crippen molar-refractivity contribution in [3.8, 4) is 0 Å². The van der Waals surface area contributed by atoms with Crippen molar-refractivity contribution in [2.24, 2.45) is 5.92 Å². The van der Waals surface area contributed by atoms with E-state index in [1.54, 1.807) is 0 Å². The van der Waals surface area contributed by atoms with Crippen molar-refractivity contribution in [2.75, 3.05) is 39.6 Å². The Kier molecular flexibility index (Phi) is 70.6. The number of hydrogen-bond acceptors (Lipinski definition) is 15. The molecule has 0 radical (unpaired) electrons. The number of aliphatic hydroxyl groups excluding tert-OH is 1. The maximum atomic E-state index is 13.1. The molecule has 17 nitrogen and oxygen atoms in total. The van der Waals surface area contributed by atoms with E-state index >= 15 is 0 Å². The molecular weight excluding hydrogens is 1280 g/mol. The molecule has 0 aliphatic carbocycles. The molecule has 19 heteroatoms. The van der Waals surface area contributed by atoms with Crippen LogP contribution in [0.4, 0.5) is 0 Å². The second-order valence-electron chi connectivity index (χ2n) is 28.9. The molecule has 0 spiro atoms. The van der Waals surface area contributed by atoms with Gasteiger partial charge in [-0.05, 0) is 31.6 Å². The lowest BCUT2D eigenvalue weighted by atomic mass is 10.0. The van der Waals surface area contributed by atoms with Crippen molar-refractivity contribution >= 4 is 39.5 Å². The molecule has 98 heavy (non-hydrogen) atoms. The van der Waals surface area contributed by atoms with Gasteiger partial charge in [-0.1, -0.05) is 369 Å². The van der Waals surface area contributed by atoms with Crippen molar-refractivity contribution in [3.05, 3.63) is 0 Å². The van der Waals surface area contributed by atoms with Gasteiger partial charge in [-0.15, -0.1) is 0 Å². The Morgan fingerprint density at radius 1 is 0.276 bits per heavy atom. The van der Waals surface area contributed by atoms with Gasteiger partial charge >= 0.3 is 39.5 Å². The summed E-state index contributed by atoms with van der Waals surface area (Å²) in [6, 6.07) is 0. The highest BCUT2D eigenvalue weighted by Crippen LogP contribution is 2.45. The van der Waals surface area contributed by atoms with Crippen molar-refractivity contribution < 1.29 is 80.2 Å². The standard InChI is InChI=1S/C79H154O17P2/c1-6-9-12-15-18-21-23-24-25-26-27-28-29-34-37-41-45-50-55-60-65-79(84)96-75(69-90-77(82)63-58-53-48-43-40-36-33-31-30-32-35-39-42-46-51-56-61-72(4)5)71-94-98(87,88)92-67-73(80)66-91-97(85,86)93-70-74(68-89-76(81)62-57-52-47-20-17-14-11-8-3)95-78(83)64-59-54-49-44-38-22-19-16-13-10-7-2/h72-75,80H,6-71H2,1-5H3,(H,85,86)(H,87,88)/t73-,74+,75+/m0/s1. The smallest absolute Gasteiger partial charge is 0.462 e. The fraction of sp³-hybridized carbons (Fsp3) is 0.949. The van der Waals surface area contributed by atoms with Crippen molar-refractivity contribution in [3.63, 3.8) is 0 Å². The van der Waals surface area contributed by atoms with Crippen molar-refractivity contribution in [2.45, 2.75) is 438 Å². The summed E-state index contributed by atoms with van der Waals surface area (Å²) < 4.78 is 68.5. The number of rotatable bonds is 79. The van der Waals surface area contributed by atoms with Gasteiger partial charge in [0.25, 0.3) is 0 Å². The highest BCUT2D eigenvalue weighted by Gasteiger charge is 2.30. The van der Waals surface area contributed by atoms with Crippen LogP contribution in [0.3, 0.4) is 0 Å². The minimum absolute atomic E-state index is 0.107. The van der Waals surface area contributed by atoms with Crippen LogP contribution < -0.4 is 0 Å². The predicted molar refractivity (Wildman–Crippen MR) is 400 cm³/mol. The zero-order chi connectivity index (χ0) is 71.9. The number of unbranched alkanes of at least 4 members (excludes halogenated alkanes) is 51. The first-order valence-corrected chi connectivity index (χ1v) is 44.1. The highest BCUT2D eigenvalue weighted by atomic mass is 31.2.